The van der Waals surface area contributed by atoms with E-state index < -0.39 is 5.41 Å². The Kier molecular flexibility index (Phi) is 2.85. The van der Waals surface area contributed by atoms with Crippen molar-refractivity contribution in [2.45, 2.75) is 12.3 Å². The lowest BCUT2D eigenvalue weighted by Crippen LogP contribution is -2.30. The van der Waals surface area contributed by atoms with Gasteiger partial charge in [0.25, 0.3) is 0 Å². The van der Waals surface area contributed by atoms with Crippen LogP contribution in [0.2, 0.25) is 0 Å². The zero-order valence-corrected chi connectivity index (χ0v) is 12.5. The van der Waals surface area contributed by atoms with Crippen molar-refractivity contribution >= 4 is 23.5 Å². The van der Waals surface area contributed by atoms with Crippen molar-refractivity contribution in [2.24, 2.45) is 10.2 Å². The first-order valence-corrected chi connectivity index (χ1v) is 7.27. The van der Waals surface area contributed by atoms with E-state index in [-0.39, 0.29) is 0 Å². The summed E-state index contributed by atoms with van der Waals surface area (Å²) in [6, 6.07) is 11.9. The normalized spacial score (nSPS) is 15.1. The molecule has 0 aliphatic carbocycles. The van der Waals surface area contributed by atoms with Gasteiger partial charge in [-0.2, -0.15) is 15.5 Å². The lowest BCUT2D eigenvalue weighted by atomic mass is 9.74. The van der Waals surface area contributed by atoms with Crippen LogP contribution in [-0.2, 0) is 5.41 Å². The van der Waals surface area contributed by atoms with Crippen LogP contribution in [0.5, 0.6) is 0 Å². The Bertz CT molecular complexity index is 992. The summed E-state index contributed by atoms with van der Waals surface area (Å²) in [5, 5.41) is 18.4. The van der Waals surface area contributed by atoms with Crippen LogP contribution in [0, 0.1) is 18.3 Å². The van der Waals surface area contributed by atoms with Crippen molar-refractivity contribution in [3.05, 3.63) is 65.0 Å². The molecule has 1 aromatic carbocycles. The van der Waals surface area contributed by atoms with E-state index >= 15 is 0 Å². The molecule has 3 heterocycles. The number of H-pyrrole nitrogens is 1. The number of rotatable bonds is 2. The molecular formula is C18H13N5. The molecular weight excluding hydrogens is 286 g/mol. The lowest BCUT2D eigenvalue weighted by molar-refractivity contribution is 0.972. The van der Waals surface area contributed by atoms with Gasteiger partial charge in [0, 0.05) is 30.2 Å². The van der Waals surface area contributed by atoms with Gasteiger partial charge in [-0.3, -0.25) is 0 Å². The minimum atomic E-state index is -0.540. The molecule has 0 radical (unpaired) electrons. The Morgan fingerprint density at radius 3 is 2.65 bits per heavy atom. The number of pyridine rings is 1. The minimum absolute atomic E-state index is 0.540. The van der Waals surface area contributed by atoms with E-state index in [1.807, 2.05) is 55.9 Å². The van der Waals surface area contributed by atoms with Crippen molar-refractivity contribution in [2.75, 3.05) is 0 Å². The SMILES string of the molecule is Cc1cc(C#N)ccc1C1(c2ccnc3[nH]ccc23)C=NN=C1. The van der Waals surface area contributed by atoms with E-state index in [2.05, 4.69) is 26.2 Å². The maximum absolute atomic E-state index is 9.10. The van der Waals surface area contributed by atoms with Crippen molar-refractivity contribution < 1.29 is 0 Å². The summed E-state index contributed by atoms with van der Waals surface area (Å²) >= 11 is 0. The lowest BCUT2D eigenvalue weighted by Gasteiger charge is -2.26. The Hall–Kier alpha value is -3.26. The van der Waals surface area contributed by atoms with Gasteiger partial charge in [0.2, 0.25) is 0 Å². The number of nitrogens with one attached hydrogen (secondary N) is 1. The summed E-state index contributed by atoms with van der Waals surface area (Å²) in [4.78, 5) is 7.50. The molecule has 0 unspecified atom stereocenters. The molecule has 0 saturated carbocycles. The van der Waals surface area contributed by atoms with Crippen LogP contribution in [0.1, 0.15) is 22.3 Å². The summed E-state index contributed by atoms with van der Waals surface area (Å²) < 4.78 is 0. The highest BCUT2D eigenvalue weighted by Gasteiger charge is 2.36. The Morgan fingerprint density at radius 1 is 1.09 bits per heavy atom. The molecule has 2 aromatic heterocycles. The van der Waals surface area contributed by atoms with E-state index in [9.17, 15) is 0 Å². The van der Waals surface area contributed by atoms with Crippen LogP contribution >= 0.6 is 0 Å². The van der Waals surface area contributed by atoms with Gasteiger partial charge in [0.15, 0.2) is 0 Å². The number of fused-ring (bicyclic) bond motifs is 1. The molecule has 1 aliphatic rings. The highest BCUT2D eigenvalue weighted by Crippen LogP contribution is 2.37. The third-order valence-corrected chi connectivity index (χ3v) is 4.30. The smallest absolute Gasteiger partial charge is 0.137 e. The third kappa shape index (κ3) is 1.89. The second-order valence-electron chi connectivity index (χ2n) is 5.60. The quantitative estimate of drug-likeness (QED) is 0.789. The van der Waals surface area contributed by atoms with Crippen molar-refractivity contribution in [3.63, 3.8) is 0 Å². The van der Waals surface area contributed by atoms with Gasteiger partial charge in [-0.25, -0.2) is 4.98 Å². The number of aryl methyl sites for hydroxylation is 1. The molecule has 5 nitrogen and oxygen atoms in total. The number of aromatic nitrogens is 2. The Balaban J connectivity index is 2.02. The van der Waals surface area contributed by atoms with Crippen LogP contribution in [0.25, 0.3) is 11.0 Å². The number of benzene rings is 1. The van der Waals surface area contributed by atoms with E-state index in [0.717, 1.165) is 27.7 Å². The van der Waals surface area contributed by atoms with Gasteiger partial charge in [0.05, 0.1) is 17.0 Å². The zero-order chi connectivity index (χ0) is 15.9. The maximum Gasteiger partial charge on any atom is 0.137 e. The number of nitrogens with zero attached hydrogens (tertiary/aromatic N) is 4. The molecule has 4 rings (SSSR count). The molecule has 0 bridgehead atoms. The minimum Gasteiger partial charge on any atom is -0.346 e. The molecule has 0 fully saturated rings. The van der Waals surface area contributed by atoms with E-state index in [4.69, 9.17) is 5.26 Å². The average molecular weight is 299 g/mol. The molecule has 0 amide bonds. The Morgan fingerprint density at radius 2 is 1.91 bits per heavy atom. The summed E-state index contributed by atoms with van der Waals surface area (Å²) in [5.41, 5.74) is 4.11. The predicted octanol–water partition coefficient (Wildman–Crippen LogP) is 3.10. The molecule has 5 heteroatoms. The van der Waals surface area contributed by atoms with Crippen LogP contribution in [0.15, 0.2) is 52.9 Å². The summed E-state index contributed by atoms with van der Waals surface area (Å²) in [6.45, 7) is 2.01. The standard InChI is InChI=1S/C18H13N5/c1-12-8-13(9-19)2-3-15(12)18(10-22-23-11-18)16-5-7-21-17-14(16)4-6-20-17/h2-8,10-11H,1H3,(H,20,21). The molecule has 3 aromatic rings. The number of nitriles is 1. The summed E-state index contributed by atoms with van der Waals surface area (Å²) in [5.74, 6) is 0. The fraction of sp³-hybridized carbons (Fsp3) is 0.111. The second kappa shape index (κ2) is 4.89. The monoisotopic (exact) mass is 299 g/mol. The Labute approximate surface area is 133 Å². The third-order valence-electron chi connectivity index (χ3n) is 4.30. The van der Waals surface area contributed by atoms with Crippen LogP contribution in [0.4, 0.5) is 0 Å². The molecule has 110 valence electrons. The van der Waals surface area contributed by atoms with E-state index in [1.54, 1.807) is 6.20 Å². The van der Waals surface area contributed by atoms with Gasteiger partial charge in [0.1, 0.15) is 5.65 Å². The van der Waals surface area contributed by atoms with Gasteiger partial charge < -0.3 is 4.98 Å². The largest absolute Gasteiger partial charge is 0.346 e. The van der Waals surface area contributed by atoms with E-state index in [1.165, 1.54) is 0 Å². The van der Waals surface area contributed by atoms with Gasteiger partial charge >= 0.3 is 0 Å². The van der Waals surface area contributed by atoms with Gasteiger partial charge in [-0.1, -0.05) is 6.07 Å². The average Bonchev–Trinajstić information content (AvgIpc) is 3.24. The molecule has 0 spiro atoms. The number of hydrogen-bond donors (Lipinski definition) is 1. The summed E-state index contributed by atoms with van der Waals surface area (Å²) in [7, 11) is 0. The van der Waals surface area contributed by atoms with Crippen LogP contribution in [-0.4, -0.2) is 22.4 Å². The van der Waals surface area contributed by atoms with Crippen molar-refractivity contribution in [1.29, 1.82) is 5.26 Å². The maximum atomic E-state index is 9.10. The molecule has 1 aliphatic heterocycles. The fourth-order valence-electron chi connectivity index (χ4n) is 3.22. The fourth-order valence-corrected chi connectivity index (χ4v) is 3.22. The van der Waals surface area contributed by atoms with E-state index in [0.29, 0.717) is 5.56 Å². The van der Waals surface area contributed by atoms with Crippen molar-refractivity contribution in [3.8, 4) is 6.07 Å². The topological polar surface area (TPSA) is 77.2 Å². The summed E-state index contributed by atoms with van der Waals surface area (Å²) in [6.07, 6.45) is 7.37. The first kappa shape index (κ1) is 13.4. The van der Waals surface area contributed by atoms with Gasteiger partial charge in [-0.15, -0.1) is 0 Å². The number of hydrogen-bond acceptors (Lipinski definition) is 4. The second-order valence-corrected chi connectivity index (χ2v) is 5.60. The van der Waals surface area contributed by atoms with Gasteiger partial charge in [-0.05, 0) is 47.9 Å². The predicted molar refractivity (Wildman–Crippen MR) is 89.8 cm³/mol. The molecule has 23 heavy (non-hydrogen) atoms. The number of aromatic amines is 1. The molecule has 0 atom stereocenters. The highest BCUT2D eigenvalue weighted by atomic mass is 15.2. The highest BCUT2D eigenvalue weighted by molar-refractivity contribution is 6.07. The molecule has 0 saturated heterocycles. The van der Waals surface area contributed by atoms with Crippen molar-refractivity contribution in [1.82, 2.24) is 9.97 Å². The molecule has 1 N–H and O–H groups in total. The van der Waals surface area contributed by atoms with Crippen LogP contribution < -0.4 is 0 Å². The van der Waals surface area contributed by atoms with Crippen LogP contribution in [0.3, 0.4) is 0 Å². The first-order chi connectivity index (χ1) is 11.2. The zero-order valence-electron chi connectivity index (χ0n) is 12.5. The first-order valence-electron chi connectivity index (χ1n) is 7.27.